The third-order valence-corrected chi connectivity index (χ3v) is 5.16. The second-order valence-electron chi connectivity index (χ2n) is 7.16. The summed E-state index contributed by atoms with van der Waals surface area (Å²) in [4.78, 5) is 28.7. The summed E-state index contributed by atoms with van der Waals surface area (Å²) in [5.41, 5.74) is 1.49. The predicted molar refractivity (Wildman–Crippen MR) is 109 cm³/mol. The number of piperazine rings is 1. The predicted octanol–water partition coefficient (Wildman–Crippen LogP) is 2.83. The number of ether oxygens (including phenoxy) is 1. The third kappa shape index (κ3) is 5.04. The fraction of sp³-hybridized carbons (Fsp3) is 0.364. The molecule has 7 heteroatoms. The standard InChI is InChI=1S/C22H26FN3O3/c1-16-15-25(20-11-7-6-10-18(20)23)12-13-26(16)21(27)19(24-22(28)29-2)14-17-8-4-3-5-9-17/h3-11,16,19H,12-15H2,1-2H3,(H,24,28). The summed E-state index contributed by atoms with van der Waals surface area (Å²) in [6.45, 7) is 3.42. The van der Waals surface area contributed by atoms with Crippen molar-refractivity contribution in [2.45, 2.75) is 25.4 Å². The number of amides is 2. The molecule has 154 valence electrons. The number of hydrogen-bond donors (Lipinski definition) is 1. The van der Waals surface area contributed by atoms with Gasteiger partial charge in [-0.3, -0.25) is 4.79 Å². The highest BCUT2D eigenvalue weighted by atomic mass is 19.1. The molecule has 1 saturated heterocycles. The second-order valence-corrected chi connectivity index (χ2v) is 7.16. The number of rotatable bonds is 5. The molecular weight excluding hydrogens is 373 g/mol. The minimum absolute atomic E-state index is 0.131. The minimum atomic E-state index is -0.729. The highest BCUT2D eigenvalue weighted by Crippen LogP contribution is 2.23. The van der Waals surface area contributed by atoms with Crippen molar-refractivity contribution >= 4 is 17.7 Å². The molecule has 1 N–H and O–H groups in total. The summed E-state index contributed by atoms with van der Waals surface area (Å²) >= 11 is 0. The molecule has 0 spiro atoms. The highest BCUT2D eigenvalue weighted by Gasteiger charge is 2.33. The van der Waals surface area contributed by atoms with Gasteiger partial charge >= 0.3 is 6.09 Å². The Labute approximate surface area is 170 Å². The monoisotopic (exact) mass is 399 g/mol. The van der Waals surface area contributed by atoms with Gasteiger partial charge < -0.3 is 19.9 Å². The van der Waals surface area contributed by atoms with E-state index in [4.69, 9.17) is 4.74 Å². The number of carbonyl (C=O) groups excluding carboxylic acids is 2. The maximum atomic E-state index is 14.1. The Morgan fingerprint density at radius 3 is 2.48 bits per heavy atom. The summed E-state index contributed by atoms with van der Waals surface area (Å²) in [5.74, 6) is -0.436. The number of anilines is 1. The van der Waals surface area contributed by atoms with Gasteiger partial charge in [-0.15, -0.1) is 0 Å². The summed E-state index contributed by atoms with van der Waals surface area (Å²) < 4.78 is 18.8. The second kappa shape index (κ2) is 9.41. The van der Waals surface area contributed by atoms with Crippen LogP contribution < -0.4 is 10.2 Å². The van der Waals surface area contributed by atoms with Crippen molar-refractivity contribution in [2.24, 2.45) is 0 Å². The SMILES string of the molecule is COC(=O)NC(Cc1ccccc1)C(=O)N1CCN(c2ccccc2F)CC1C. The summed E-state index contributed by atoms with van der Waals surface area (Å²) in [5, 5.41) is 2.66. The van der Waals surface area contributed by atoms with E-state index in [-0.39, 0.29) is 17.8 Å². The van der Waals surface area contributed by atoms with Crippen molar-refractivity contribution in [3.05, 3.63) is 66.0 Å². The maximum absolute atomic E-state index is 14.1. The Balaban J connectivity index is 1.72. The van der Waals surface area contributed by atoms with E-state index in [0.29, 0.717) is 31.7 Å². The first-order valence-corrected chi connectivity index (χ1v) is 9.68. The van der Waals surface area contributed by atoms with Crippen LogP contribution in [0, 0.1) is 5.82 Å². The molecule has 3 rings (SSSR count). The van der Waals surface area contributed by atoms with Crippen LogP contribution >= 0.6 is 0 Å². The van der Waals surface area contributed by atoms with Crippen LogP contribution in [0.15, 0.2) is 54.6 Å². The Hall–Kier alpha value is -3.09. The van der Waals surface area contributed by atoms with Crippen molar-refractivity contribution in [1.82, 2.24) is 10.2 Å². The van der Waals surface area contributed by atoms with E-state index in [0.717, 1.165) is 5.56 Å². The Morgan fingerprint density at radius 2 is 1.83 bits per heavy atom. The normalized spacial score (nSPS) is 17.6. The molecule has 1 fully saturated rings. The molecule has 0 bridgehead atoms. The average Bonchev–Trinajstić information content (AvgIpc) is 2.73. The molecule has 1 aliphatic rings. The molecule has 0 aromatic heterocycles. The van der Waals surface area contributed by atoms with Crippen LogP contribution in [0.4, 0.5) is 14.9 Å². The molecule has 2 amide bonds. The van der Waals surface area contributed by atoms with Gasteiger partial charge in [0.25, 0.3) is 0 Å². The quantitative estimate of drug-likeness (QED) is 0.840. The largest absolute Gasteiger partial charge is 0.453 e. The molecule has 2 atom stereocenters. The molecule has 1 heterocycles. The van der Waals surface area contributed by atoms with Crippen molar-refractivity contribution in [3.8, 4) is 0 Å². The van der Waals surface area contributed by atoms with E-state index in [9.17, 15) is 14.0 Å². The topological polar surface area (TPSA) is 61.9 Å². The molecule has 0 aliphatic carbocycles. The van der Waals surface area contributed by atoms with Crippen molar-refractivity contribution in [2.75, 3.05) is 31.6 Å². The molecular formula is C22H26FN3O3. The Kier molecular flexibility index (Phi) is 6.69. The van der Waals surface area contributed by atoms with E-state index in [1.807, 2.05) is 42.2 Å². The van der Waals surface area contributed by atoms with Crippen molar-refractivity contribution in [3.63, 3.8) is 0 Å². The molecule has 0 radical (unpaired) electrons. The third-order valence-electron chi connectivity index (χ3n) is 5.16. The number of hydrogen-bond acceptors (Lipinski definition) is 4. The molecule has 2 aromatic rings. The van der Waals surface area contributed by atoms with Gasteiger partial charge in [0.2, 0.25) is 5.91 Å². The fourth-order valence-corrected chi connectivity index (χ4v) is 3.66. The molecule has 2 aromatic carbocycles. The zero-order chi connectivity index (χ0) is 20.8. The van der Waals surface area contributed by atoms with Crippen LogP contribution in [-0.2, 0) is 16.0 Å². The zero-order valence-electron chi connectivity index (χ0n) is 16.7. The first-order valence-electron chi connectivity index (χ1n) is 9.68. The van der Waals surface area contributed by atoms with Crippen LogP contribution in [0.3, 0.4) is 0 Å². The summed E-state index contributed by atoms with van der Waals surface area (Å²) in [7, 11) is 1.27. The number of benzene rings is 2. The number of carbonyl (C=O) groups is 2. The van der Waals surface area contributed by atoms with Crippen LogP contribution in [0.5, 0.6) is 0 Å². The van der Waals surface area contributed by atoms with E-state index in [2.05, 4.69) is 5.32 Å². The lowest BCUT2D eigenvalue weighted by molar-refractivity contribution is -0.135. The Bertz CT molecular complexity index is 846. The first-order chi connectivity index (χ1) is 14.0. The van der Waals surface area contributed by atoms with Gasteiger partial charge in [0.05, 0.1) is 12.8 Å². The van der Waals surface area contributed by atoms with Crippen LogP contribution in [0.1, 0.15) is 12.5 Å². The first kappa shape index (κ1) is 20.6. The van der Waals surface area contributed by atoms with Gasteiger partial charge in [0.15, 0.2) is 0 Å². The van der Waals surface area contributed by atoms with E-state index in [1.54, 1.807) is 23.1 Å². The van der Waals surface area contributed by atoms with Gasteiger partial charge in [-0.05, 0) is 24.6 Å². The maximum Gasteiger partial charge on any atom is 0.407 e. The molecule has 6 nitrogen and oxygen atoms in total. The van der Waals surface area contributed by atoms with Gasteiger partial charge in [0, 0.05) is 32.1 Å². The van der Waals surface area contributed by atoms with Crippen molar-refractivity contribution in [1.29, 1.82) is 0 Å². The number of alkyl carbamates (subject to hydrolysis) is 1. The molecule has 29 heavy (non-hydrogen) atoms. The smallest absolute Gasteiger partial charge is 0.407 e. The van der Waals surface area contributed by atoms with Gasteiger partial charge in [-0.1, -0.05) is 42.5 Å². The van der Waals surface area contributed by atoms with Crippen LogP contribution in [0.2, 0.25) is 0 Å². The lowest BCUT2D eigenvalue weighted by atomic mass is 10.0. The van der Waals surface area contributed by atoms with Crippen LogP contribution in [0.25, 0.3) is 0 Å². The number of nitrogens with zero attached hydrogens (tertiary/aromatic N) is 2. The fourth-order valence-electron chi connectivity index (χ4n) is 3.66. The molecule has 1 aliphatic heterocycles. The number of para-hydroxylation sites is 1. The Morgan fingerprint density at radius 1 is 1.14 bits per heavy atom. The summed E-state index contributed by atoms with van der Waals surface area (Å²) in [6, 6.07) is 15.3. The minimum Gasteiger partial charge on any atom is -0.453 e. The zero-order valence-corrected chi connectivity index (χ0v) is 16.7. The van der Waals surface area contributed by atoms with Gasteiger partial charge in [-0.25, -0.2) is 9.18 Å². The number of halogens is 1. The molecule has 0 saturated carbocycles. The van der Waals surface area contributed by atoms with E-state index in [1.165, 1.54) is 13.2 Å². The average molecular weight is 399 g/mol. The van der Waals surface area contributed by atoms with E-state index < -0.39 is 12.1 Å². The van der Waals surface area contributed by atoms with Crippen molar-refractivity contribution < 1.29 is 18.7 Å². The summed E-state index contributed by atoms with van der Waals surface area (Å²) in [6.07, 6.45) is -0.272. The molecule has 2 unspecified atom stereocenters. The van der Waals surface area contributed by atoms with Crippen LogP contribution in [-0.4, -0.2) is 55.7 Å². The highest BCUT2D eigenvalue weighted by molar-refractivity contribution is 5.86. The van der Waals surface area contributed by atoms with E-state index >= 15 is 0 Å². The number of methoxy groups -OCH3 is 1. The lowest BCUT2D eigenvalue weighted by Crippen LogP contribution is -2.59. The lowest BCUT2D eigenvalue weighted by Gasteiger charge is -2.42. The van der Waals surface area contributed by atoms with Gasteiger partial charge in [0.1, 0.15) is 11.9 Å². The van der Waals surface area contributed by atoms with Gasteiger partial charge in [-0.2, -0.15) is 0 Å². The number of nitrogens with one attached hydrogen (secondary N) is 1.